The third-order valence-electron chi connectivity index (χ3n) is 5.72. The highest BCUT2D eigenvalue weighted by Gasteiger charge is 2.16. The summed E-state index contributed by atoms with van der Waals surface area (Å²) in [5, 5.41) is 6.69. The molecular weight excluding hydrogens is 380 g/mol. The third kappa shape index (κ3) is 7.41. The number of aliphatic imine (C=N–C) groups is 1. The molecular formula is C22H38N6O2. The first-order valence-corrected chi connectivity index (χ1v) is 11.3. The standard InChI is InChI=1S/C22H38N6O2/c1-3-27-10-12-28(13-11-27)21-8-7-19(16-25-21)17-26-22(23-2)24-9-5-14-29-18-20-6-4-15-30-20/h7-8,16,20H,3-6,9-15,17-18H2,1-2H3,(H2,23,24,26). The Morgan fingerprint density at radius 2 is 2.13 bits per heavy atom. The van der Waals surface area contributed by atoms with Gasteiger partial charge in [0.05, 0.1) is 12.7 Å². The number of hydrogen-bond acceptors (Lipinski definition) is 6. The Bertz CT molecular complexity index is 625. The number of nitrogens with one attached hydrogen (secondary N) is 2. The second-order valence-electron chi connectivity index (χ2n) is 7.86. The van der Waals surface area contributed by atoms with Crippen molar-refractivity contribution in [2.45, 2.75) is 38.8 Å². The van der Waals surface area contributed by atoms with Crippen molar-refractivity contribution in [3.05, 3.63) is 23.9 Å². The molecule has 168 valence electrons. The van der Waals surface area contributed by atoms with E-state index in [4.69, 9.17) is 9.47 Å². The van der Waals surface area contributed by atoms with Crippen LogP contribution in [0.3, 0.4) is 0 Å². The zero-order valence-corrected chi connectivity index (χ0v) is 18.6. The Balaban J connectivity index is 1.29. The molecule has 2 fully saturated rings. The van der Waals surface area contributed by atoms with Crippen LogP contribution in [0.1, 0.15) is 31.7 Å². The van der Waals surface area contributed by atoms with E-state index in [0.29, 0.717) is 19.3 Å². The number of aromatic nitrogens is 1. The maximum Gasteiger partial charge on any atom is 0.191 e. The van der Waals surface area contributed by atoms with Crippen LogP contribution in [-0.2, 0) is 16.0 Å². The molecule has 8 heteroatoms. The number of likely N-dealkylation sites (N-methyl/N-ethyl adjacent to an activating group) is 1. The molecule has 0 spiro atoms. The van der Waals surface area contributed by atoms with Gasteiger partial charge in [-0.05, 0) is 37.4 Å². The summed E-state index contributed by atoms with van der Waals surface area (Å²) in [5.74, 6) is 1.87. The molecule has 0 amide bonds. The molecule has 3 heterocycles. The summed E-state index contributed by atoms with van der Waals surface area (Å²) in [5.41, 5.74) is 1.15. The zero-order valence-electron chi connectivity index (χ0n) is 18.6. The number of rotatable bonds is 10. The molecule has 30 heavy (non-hydrogen) atoms. The normalized spacial score (nSPS) is 20.5. The van der Waals surface area contributed by atoms with Gasteiger partial charge in [0, 0.05) is 65.7 Å². The smallest absolute Gasteiger partial charge is 0.191 e. The minimum Gasteiger partial charge on any atom is -0.379 e. The first kappa shape index (κ1) is 22.8. The van der Waals surface area contributed by atoms with Gasteiger partial charge in [-0.15, -0.1) is 0 Å². The second kappa shape index (κ2) is 12.7. The molecule has 2 aliphatic heterocycles. The molecule has 0 saturated carbocycles. The summed E-state index contributed by atoms with van der Waals surface area (Å²) in [6.07, 6.45) is 5.48. The van der Waals surface area contributed by atoms with Crippen molar-refractivity contribution in [3.8, 4) is 0 Å². The van der Waals surface area contributed by atoms with Gasteiger partial charge in [0.2, 0.25) is 0 Å². The summed E-state index contributed by atoms with van der Waals surface area (Å²) in [6, 6.07) is 4.27. The van der Waals surface area contributed by atoms with E-state index in [2.05, 4.69) is 49.5 Å². The second-order valence-corrected chi connectivity index (χ2v) is 7.86. The van der Waals surface area contributed by atoms with E-state index in [1.807, 2.05) is 6.20 Å². The number of piperazine rings is 1. The van der Waals surface area contributed by atoms with Crippen LogP contribution in [-0.4, -0.2) is 88.1 Å². The van der Waals surface area contributed by atoms with Crippen molar-refractivity contribution in [1.29, 1.82) is 0 Å². The lowest BCUT2D eigenvalue weighted by Gasteiger charge is -2.34. The number of pyridine rings is 1. The van der Waals surface area contributed by atoms with Crippen LogP contribution in [0, 0.1) is 0 Å². The lowest BCUT2D eigenvalue weighted by molar-refractivity contribution is 0.0168. The minimum atomic E-state index is 0.299. The molecule has 2 aliphatic rings. The van der Waals surface area contributed by atoms with Gasteiger partial charge in [-0.25, -0.2) is 4.98 Å². The number of ether oxygens (including phenoxy) is 2. The van der Waals surface area contributed by atoms with Gasteiger partial charge < -0.3 is 29.9 Å². The topological polar surface area (TPSA) is 74.2 Å². The molecule has 0 bridgehead atoms. The molecule has 1 atom stereocenters. The Morgan fingerprint density at radius 1 is 1.27 bits per heavy atom. The van der Waals surface area contributed by atoms with Crippen LogP contribution in [0.5, 0.6) is 0 Å². The Morgan fingerprint density at radius 3 is 2.80 bits per heavy atom. The summed E-state index contributed by atoms with van der Waals surface area (Å²) in [7, 11) is 1.79. The van der Waals surface area contributed by atoms with Crippen molar-refractivity contribution in [1.82, 2.24) is 20.5 Å². The number of guanidine groups is 1. The predicted molar refractivity (Wildman–Crippen MR) is 121 cm³/mol. The summed E-state index contributed by atoms with van der Waals surface area (Å²) >= 11 is 0. The van der Waals surface area contributed by atoms with Crippen LogP contribution >= 0.6 is 0 Å². The number of nitrogens with zero attached hydrogens (tertiary/aromatic N) is 4. The molecule has 3 rings (SSSR count). The molecule has 8 nitrogen and oxygen atoms in total. The van der Waals surface area contributed by atoms with E-state index >= 15 is 0 Å². The average Bonchev–Trinajstić information content (AvgIpc) is 3.32. The molecule has 0 aromatic carbocycles. The van der Waals surface area contributed by atoms with Gasteiger partial charge in [-0.2, -0.15) is 0 Å². The molecule has 1 unspecified atom stereocenters. The quantitative estimate of drug-likeness (QED) is 0.339. The fraction of sp³-hybridized carbons (Fsp3) is 0.727. The van der Waals surface area contributed by atoms with Crippen LogP contribution in [0.15, 0.2) is 23.3 Å². The maximum absolute atomic E-state index is 5.70. The minimum absolute atomic E-state index is 0.299. The summed E-state index contributed by atoms with van der Waals surface area (Å²) in [4.78, 5) is 13.8. The zero-order chi connectivity index (χ0) is 21.0. The Kier molecular flexibility index (Phi) is 9.66. The van der Waals surface area contributed by atoms with E-state index in [9.17, 15) is 0 Å². The predicted octanol–water partition coefficient (Wildman–Crippen LogP) is 1.47. The highest BCUT2D eigenvalue weighted by atomic mass is 16.5. The Hall–Kier alpha value is -1.90. The van der Waals surface area contributed by atoms with E-state index in [1.165, 1.54) is 0 Å². The first-order chi connectivity index (χ1) is 14.8. The van der Waals surface area contributed by atoms with Gasteiger partial charge in [0.25, 0.3) is 0 Å². The summed E-state index contributed by atoms with van der Waals surface area (Å²) < 4.78 is 11.3. The highest BCUT2D eigenvalue weighted by Crippen LogP contribution is 2.14. The Labute approximate surface area is 181 Å². The monoisotopic (exact) mass is 418 g/mol. The fourth-order valence-electron chi connectivity index (χ4n) is 3.78. The van der Waals surface area contributed by atoms with Gasteiger partial charge in [0.1, 0.15) is 5.82 Å². The van der Waals surface area contributed by atoms with Crippen molar-refractivity contribution in [2.24, 2.45) is 4.99 Å². The molecule has 2 N–H and O–H groups in total. The van der Waals surface area contributed by atoms with E-state index in [-0.39, 0.29) is 0 Å². The molecule has 1 aromatic heterocycles. The molecule has 0 aliphatic carbocycles. The largest absolute Gasteiger partial charge is 0.379 e. The van der Waals surface area contributed by atoms with Crippen LogP contribution in [0.4, 0.5) is 5.82 Å². The van der Waals surface area contributed by atoms with Gasteiger partial charge in [-0.3, -0.25) is 4.99 Å². The number of anilines is 1. The van der Waals surface area contributed by atoms with E-state index in [1.54, 1.807) is 7.05 Å². The molecule has 1 aromatic rings. The SMILES string of the molecule is CCN1CCN(c2ccc(CNC(=NC)NCCCOCC3CCCO3)cn2)CC1. The van der Waals surface area contributed by atoms with Crippen molar-refractivity contribution in [2.75, 3.05) is 71.0 Å². The van der Waals surface area contributed by atoms with Gasteiger partial charge >= 0.3 is 0 Å². The average molecular weight is 419 g/mol. The van der Waals surface area contributed by atoms with Gasteiger partial charge in [0.15, 0.2) is 5.96 Å². The highest BCUT2D eigenvalue weighted by molar-refractivity contribution is 5.79. The lowest BCUT2D eigenvalue weighted by atomic mass is 10.2. The molecule has 2 saturated heterocycles. The van der Waals surface area contributed by atoms with E-state index < -0.39 is 0 Å². The van der Waals surface area contributed by atoms with Crippen molar-refractivity contribution < 1.29 is 9.47 Å². The number of hydrogen-bond donors (Lipinski definition) is 2. The van der Waals surface area contributed by atoms with Gasteiger partial charge in [-0.1, -0.05) is 13.0 Å². The van der Waals surface area contributed by atoms with Crippen molar-refractivity contribution in [3.63, 3.8) is 0 Å². The van der Waals surface area contributed by atoms with Crippen LogP contribution < -0.4 is 15.5 Å². The fourth-order valence-corrected chi connectivity index (χ4v) is 3.78. The van der Waals surface area contributed by atoms with Crippen LogP contribution in [0.25, 0.3) is 0 Å². The molecule has 0 radical (unpaired) electrons. The van der Waals surface area contributed by atoms with Crippen molar-refractivity contribution >= 4 is 11.8 Å². The summed E-state index contributed by atoms with van der Waals surface area (Å²) in [6.45, 7) is 11.5. The maximum atomic E-state index is 5.70. The third-order valence-corrected chi connectivity index (χ3v) is 5.72. The first-order valence-electron chi connectivity index (χ1n) is 11.3. The lowest BCUT2D eigenvalue weighted by Crippen LogP contribution is -2.46. The van der Waals surface area contributed by atoms with Crippen LogP contribution in [0.2, 0.25) is 0 Å². The van der Waals surface area contributed by atoms with E-state index in [0.717, 1.165) is 89.1 Å².